The fourth-order valence-corrected chi connectivity index (χ4v) is 4.16. The highest BCUT2D eigenvalue weighted by Crippen LogP contribution is 2.41. The highest BCUT2D eigenvalue weighted by molar-refractivity contribution is 6.74. The minimum Gasteiger partial charge on any atom is -0.547 e. The van der Waals surface area contributed by atoms with Gasteiger partial charge in [0, 0.05) is 13.5 Å². The van der Waals surface area contributed by atoms with E-state index in [9.17, 15) is 9.59 Å². The van der Waals surface area contributed by atoms with Crippen LogP contribution in [0.15, 0.2) is 11.8 Å². The van der Waals surface area contributed by atoms with Crippen molar-refractivity contribution < 1.29 is 23.5 Å². The van der Waals surface area contributed by atoms with Crippen molar-refractivity contribution in [2.24, 2.45) is 11.8 Å². The molecule has 2 amide bonds. The van der Waals surface area contributed by atoms with Crippen molar-refractivity contribution in [3.63, 3.8) is 0 Å². The Morgan fingerprint density at radius 3 is 2.48 bits per heavy atom. The molecule has 0 bridgehead atoms. The second-order valence-electron chi connectivity index (χ2n) is 8.51. The van der Waals surface area contributed by atoms with Gasteiger partial charge in [-0.05, 0) is 30.1 Å². The molecule has 7 heteroatoms. The third-order valence-electron chi connectivity index (χ3n) is 5.62. The normalized spacial score (nSPS) is 27.8. The Kier molecular flexibility index (Phi) is 5.68. The van der Waals surface area contributed by atoms with Crippen LogP contribution in [0.1, 0.15) is 34.1 Å². The first-order valence-electron chi connectivity index (χ1n) is 8.88. The molecule has 3 atom stereocenters. The lowest BCUT2D eigenvalue weighted by atomic mass is 9.80. The summed E-state index contributed by atoms with van der Waals surface area (Å²) in [5.41, 5.74) is 0. The first-order valence-corrected chi connectivity index (χ1v) is 11.8. The van der Waals surface area contributed by atoms with E-state index in [-0.39, 0.29) is 23.5 Å². The van der Waals surface area contributed by atoms with Gasteiger partial charge >= 0.3 is 6.09 Å². The Bertz CT molecular complexity index is 566. The van der Waals surface area contributed by atoms with E-state index >= 15 is 0 Å². The second kappa shape index (κ2) is 7.11. The van der Waals surface area contributed by atoms with Gasteiger partial charge in [-0.3, -0.25) is 4.79 Å². The number of hydrogen-bond acceptors (Lipinski definition) is 5. The van der Waals surface area contributed by atoms with Crippen molar-refractivity contribution in [3.05, 3.63) is 11.8 Å². The number of ether oxygens (including phenoxy) is 2. The van der Waals surface area contributed by atoms with Gasteiger partial charge < -0.3 is 13.9 Å². The van der Waals surface area contributed by atoms with Gasteiger partial charge in [-0.1, -0.05) is 27.7 Å². The predicted octanol–water partition coefficient (Wildman–Crippen LogP) is 3.54. The van der Waals surface area contributed by atoms with Crippen molar-refractivity contribution in [2.75, 3.05) is 20.3 Å². The maximum Gasteiger partial charge on any atom is 0.416 e. The van der Waals surface area contributed by atoms with Crippen LogP contribution >= 0.6 is 0 Å². The summed E-state index contributed by atoms with van der Waals surface area (Å²) >= 11 is 0. The van der Waals surface area contributed by atoms with Crippen LogP contribution in [0.3, 0.4) is 0 Å². The molecule has 0 saturated carbocycles. The van der Waals surface area contributed by atoms with Crippen LogP contribution in [0.25, 0.3) is 0 Å². The second-order valence-corrected chi connectivity index (χ2v) is 13.2. The highest BCUT2D eigenvalue weighted by atomic mass is 28.4. The molecule has 2 aliphatic rings. The Labute approximate surface area is 151 Å². The number of imide groups is 1. The first-order chi connectivity index (χ1) is 11.5. The van der Waals surface area contributed by atoms with Crippen molar-refractivity contribution >= 4 is 20.3 Å². The monoisotopic (exact) mass is 369 g/mol. The Balaban J connectivity index is 2.20. The number of allylic oxidation sites excluding steroid dienone is 1. The minimum absolute atomic E-state index is 0.0237. The zero-order chi connectivity index (χ0) is 19.0. The molecule has 0 aromatic rings. The number of amides is 2. The summed E-state index contributed by atoms with van der Waals surface area (Å²) in [6.07, 6.45) is 1.64. The van der Waals surface area contributed by atoms with E-state index in [1.165, 1.54) is 4.90 Å². The number of rotatable bonds is 4. The molecule has 0 aromatic heterocycles. The van der Waals surface area contributed by atoms with Crippen molar-refractivity contribution in [2.45, 2.75) is 58.4 Å². The molecule has 6 nitrogen and oxygen atoms in total. The number of methoxy groups -OCH3 is 1. The standard InChI is InChI=1S/C18H31NO5Si/c1-12-10-13(24-25(6,7)18(2,3)4)11-14(22-5)15(12)16(20)19-8-9-23-17(19)21/h11-12,14-15H,8-10H2,1-7H3/t12-,14+,15+/m0/s1. The van der Waals surface area contributed by atoms with Crippen LogP contribution in [0.4, 0.5) is 4.79 Å². The Morgan fingerprint density at radius 2 is 2.00 bits per heavy atom. The van der Waals surface area contributed by atoms with Gasteiger partial charge in [-0.2, -0.15) is 0 Å². The number of hydrogen-bond donors (Lipinski definition) is 0. The van der Waals surface area contributed by atoms with Crippen LogP contribution in [0.2, 0.25) is 18.1 Å². The van der Waals surface area contributed by atoms with Crippen molar-refractivity contribution in [1.29, 1.82) is 0 Å². The molecule has 1 aliphatic carbocycles. The maximum atomic E-state index is 12.8. The summed E-state index contributed by atoms with van der Waals surface area (Å²) in [6, 6.07) is 0. The fraction of sp³-hybridized carbons (Fsp3) is 0.778. The number of nitrogens with zero attached hydrogens (tertiary/aromatic N) is 1. The minimum atomic E-state index is -1.94. The summed E-state index contributed by atoms with van der Waals surface area (Å²) in [5, 5.41) is 0.103. The van der Waals surface area contributed by atoms with E-state index in [0.717, 1.165) is 5.76 Å². The Hall–Kier alpha value is -1.34. The third-order valence-corrected chi connectivity index (χ3v) is 10.0. The Morgan fingerprint density at radius 1 is 1.36 bits per heavy atom. The SMILES string of the molecule is CO[C@@H]1C=C(O[Si](C)(C)C(C)(C)C)C[C@H](C)[C@H]1C(=O)N1CCOC1=O. The highest BCUT2D eigenvalue weighted by Gasteiger charge is 2.45. The van der Waals surface area contributed by atoms with Gasteiger partial charge in [0.1, 0.15) is 6.61 Å². The van der Waals surface area contributed by atoms with Gasteiger partial charge in [0.2, 0.25) is 14.2 Å². The van der Waals surface area contributed by atoms with Crippen molar-refractivity contribution in [3.8, 4) is 0 Å². The lowest BCUT2D eigenvalue weighted by Crippen LogP contribution is -2.47. The van der Waals surface area contributed by atoms with Gasteiger partial charge in [-0.25, -0.2) is 9.69 Å². The number of carbonyl (C=O) groups excluding carboxylic acids is 2. The lowest BCUT2D eigenvalue weighted by molar-refractivity contribution is -0.138. The van der Waals surface area contributed by atoms with Crippen LogP contribution in [-0.2, 0) is 18.7 Å². The van der Waals surface area contributed by atoms with Crippen LogP contribution in [0.5, 0.6) is 0 Å². The molecule has 1 heterocycles. The smallest absolute Gasteiger partial charge is 0.416 e. The largest absolute Gasteiger partial charge is 0.547 e. The molecule has 25 heavy (non-hydrogen) atoms. The number of carbonyl (C=O) groups is 2. The van der Waals surface area contributed by atoms with E-state index in [1.807, 2.05) is 13.0 Å². The lowest BCUT2D eigenvalue weighted by Gasteiger charge is -2.41. The van der Waals surface area contributed by atoms with Crippen molar-refractivity contribution in [1.82, 2.24) is 4.90 Å². The molecule has 142 valence electrons. The van der Waals surface area contributed by atoms with Crippen LogP contribution < -0.4 is 0 Å². The average Bonchev–Trinajstić information content (AvgIpc) is 2.90. The topological polar surface area (TPSA) is 65.1 Å². The van der Waals surface area contributed by atoms with Crippen LogP contribution in [-0.4, -0.2) is 51.6 Å². The molecular weight excluding hydrogens is 338 g/mol. The summed E-state index contributed by atoms with van der Waals surface area (Å²) in [5.74, 6) is 0.307. The van der Waals surface area contributed by atoms with E-state index in [2.05, 4.69) is 33.9 Å². The van der Waals surface area contributed by atoms with E-state index in [1.54, 1.807) is 7.11 Å². The molecule has 1 aliphatic heterocycles. The summed E-state index contributed by atoms with van der Waals surface area (Å²) in [6.45, 7) is 13.6. The molecular formula is C18H31NO5Si. The summed E-state index contributed by atoms with van der Waals surface area (Å²) < 4.78 is 16.9. The zero-order valence-corrected chi connectivity index (χ0v) is 17.4. The quantitative estimate of drug-likeness (QED) is 0.709. The first kappa shape index (κ1) is 20.0. The molecule has 0 radical (unpaired) electrons. The molecule has 0 aromatic carbocycles. The molecule has 1 saturated heterocycles. The summed E-state index contributed by atoms with van der Waals surface area (Å²) in [7, 11) is -0.354. The molecule has 1 fully saturated rings. The molecule has 0 N–H and O–H groups in total. The van der Waals surface area contributed by atoms with Gasteiger partial charge in [0.15, 0.2) is 0 Å². The molecule has 2 rings (SSSR count). The number of cyclic esters (lactones) is 1. The van der Waals surface area contributed by atoms with E-state index in [0.29, 0.717) is 13.0 Å². The maximum absolute atomic E-state index is 12.8. The van der Waals surface area contributed by atoms with Crippen LogP contribution in [0, 0.1) is 11.8 Å². The van der Waals surface area contributed by atoms with Gasteiger partial charge in [0.05, 0.1) is 24.3 Å². The van der Waals surface area contributed by atoms with E-state index in [4.69, 9.17) is 13.9 Å². The zero-order valence-electron chi connectivity index (χ0n) is 16.4. The summed E-state index contributed by atoms with van der Waals surface area (Å²) in [4.78, 5) is 25.8. The third kappa shape index (κ3) is 4.08. The predicted molar refractivity (Wildman–Crippen MR) is 97.5 cm³/mol. The fourth-order valence-electron chi connectivity index (χ4n) is 3.05. The average molecular weight is 370 g/mol. The van der Waals surface area contributed by atoms with E-state index < -0.39 is 26.4 Å². The van der Waals surface area contributed by atoms with Gasteiger partial charge in [-0.15, -0.1) is 0 Å². The molecule has 0 unspecified atom stereocenters. The molecule has 0 spiro atoms. The van der Waals surface area contributed by atoms with Gasteiger partial charge in [0.25, 0.3) is 0 Å².